The number of hydrogen-bond donors (Lipinski definition) is 1. The molecule has 0 saturated heterocycles. The molecule has 0 aliphatic rings. The van der Waals surface area contributed by atoms with E-state index in [-0.39, 0.29) is 6.10 Å². The van der Waals surface area contributed by atoms with Gasteiger partial charge in [0.05, 0.1) is 18.5 Å². The summed E-state index contributed by atoms with van der Waals surface area (Å²) in [5.74, 6) is 0.970. The Balaban J connectivity index is 0. The quantitative estimate of drug-likeness (QED) is 0.244. The van der Waals surface area contributed by atoms with Crippen LogP contribution in [0.1, 0.15) is 111 Å². The van der Waals surface area contributed by atoms with E-state index in [1.807, 2.05) is 20.8 Å². The van der Waals surface area contributed by atoms with Crippen molar-refractivity contribution in [2.75, 3.05) is 6.61 Å². The van der Waals surface area contributed by atoms with E-state index < -0.39 is 0 Å². The first kappa shape index (κ1) is 24.7. The fourth-order valence-corrected chi connectivity index (χ4v) is 2.43. The SMILES string of the molecule is C=C(CCCCCCC)OCCCCCCCC(O)CC.CC. The van der Waals surface area contributed by atoms with Crippen molar-refractivity contribution in [2.45, 2.75) is 117 Å². The topological polar surface area (TPSA) is 29.5 Å². The third-order valence-corrected chi connectivity index (χ3v) is 4.02. The molecule has 0 aromatic heterocycles. The zero-order valence-electron chi connectivity index (χ0n) is 16.5. The van der Waals surface area contributed by atoms with Gasteiger partial charge in [-0.3, -0.25) is 0 Å². The van der Waals surface area contributed by atoms with Gasteiger partial charge in [-0.1, -0.05) is 85.6 Å². The zero-order valence-corrected chi connectivity index (χ0v) is 16.5. The van der Waals surface area contributed by atoms with E-state index in [2.05, 4.69) is 13.5 Å². The van der Waals surface area contributed by atoms with Crippen LogP contribution in [0.25, 0.3) is 0 Å². The highest BCUT2D eigenvalue weighted by Crippen LogP contribution is 2.12. The maximum atomic E-state index is 9.45. The Hall–Kier alpha value is -0.500. The molecule has 0 aliphatic carbocycles. The minimum absolute atomic E-state index is 0.0889. The molecular weight excluding hydrogens is 284 g/mol. The van der Waals surface area contributed by atoms with Crippen molar-refractivity contribution >= 4 is 0 Å². The third kappa shape index (κ3) is 21.5. The summed E-state index contributed by atoms with van der Waals surface area (Å²) < 4.78 is 5.68. The van der Waals surface area contributed by atoms with Gasteiger partial charge >= 0.3 is 0 Å². The fraction of sp³-hybridized carbons (Fsp3) is 0.905. The van der Waals surface area contributed by atoms with Crippen LogP contribution in [0.2, 0.25) is 0 Å². The van der Waals surface area contributed by atoms with Crippen LogP contribution in [0.5, 0.6) is 0 Å². The lowest BCUT2D eigenvalue weighted by Gasteiger charge is -2.09. The van der Waals surface area contributed by atoms with Gasteiger partial charge in [0.25, 0.3) is 0 Å². The van der Waals surface area contributed by atoms with Gasteiger partial charge in [-0.25, -0.2) is 0 Å². The van der Waals surface area contributed by atoms with Crippen molar-refractivity contribution < 1.29 is 9.84 Å². The van der Waals surface area contributed by atoms with Crippen molar-refractivity contribution in [3.8, 4) is 0 Å². The molecule has 1 unspecified atom stereocenters. The van der Waals surface area contributed by atoms with Crippen molar-refractivity contribution in [2.24, 2.45) is 0 Å². The number of allylic oxidation sites excluding steroid dienone is 1. The molecule has 23 heavy (non-hydrogen) atoms. The predicted molar refractivity (Wildman–Crippen MR) is 104 cm³/mol. The Morgan fingerprint density at radius 3 is 2.09 bits per heavy atom. The van der Waals surface area contributed by atoms with Gasteiger partial charge in [0.15, 0.2) is 0 Å². The number of hydrogen-bond acceptors (Lipinski definition) is 2. The first-order valence-corrected chi connectivity index (χ1v) is 10.2. The number of unbranched alkanes of at least 4 members (excludes halogenated alkanes) is 8. The third-order valence-electron chi connectivity index (χ3n) is 4.02. The molecule has 0 aliphatic heterocycles. The minimum atomic E-state index is -0.0889. The normalized spacial score (nSPS) is 11.5. The molecule has 2 heteroatoms. The highest BCUT2D eigenvalue weighted by molar-refractivity contribution is 4.81. The Morgan fingerprint density at radius 2 is 1.43 bits per heavy atom. The maximum absolute atomic E-state index is 9.45. The summed E-state index contributed by atoms with van der Waals surface area (Å²) >= 11 is 0. The van der Waals surface area contributed by atoms with Crippen LogP contribution in [0.3, 0.4) is 0 Å². The molecule has 0 saturated carbocycles. The van der Waals surface area contributed by atoms with Crippen molar-refractivity contribution in [1.82, 2.24) is 0 Å². The van der Waals surface area contributed by atoms with Crippen LogP contribution in [-0.4, -0.2) is 17.8 Å². The molecular formula is C21H44O2. The van der Waals surface area contributed by atoms with Crippen LogP contribution in [-0.2, 0) is 4.74 Å². The number of aliphatic hydroxyl groups is 1. The van der Waals surface area contributed by atoms with Crippen LogP contribution in [0.15, 0.2) is 12.3 Å². The van der Waals surface area contributed by atoms with E-state index in [9.17, 15) is 5.11 Å². The summed E-state index contributed by atoms with van der Waals surface area (Å²) in [6.45, 7) is 13.1. The van der Waals surface area contributed by atoms with Crippen molar-refractivity contribution in [3.05, 3.63) is 12.3 Å². The molecule has 2 nitrogen and oxygen atoms in total. The highest BCUT2D eigenvalue weighted by atomic mass is 16.5. The highest BCUT2D eigenvalue weighted by Gasteiger charge is 2.00. The molecule has 0 bridgehead atoms. The molecule has 0 spiro atoms. The standard InChI is InChI=1S/C19H38O2.C2H6/c1-4-6-7-9-12-15-18(3)21-17-14-11-8-10-13-16-19(20)5-2;1-2/h19-20H,3-17H2,1-2H3;1-2H3. The lowest BCUT2D eigenvalue weighted by molar-refractivity contribution is 0.156. The van der Waals surface area contributed by atoms with E-state index in [0.29, 0.717) is 0 Å². The second-order valence-electron chi connectivity index (χ2n) is 6.17. The van der Waals surface area contributed by atoms with Gasteiger partial charge in [0, 0.05) is 6.42 Å². The van der Waals surface area contributed by atoms with Crippen LogP contribution < -0.4 is 0 Å². The largest absolute Gasteiger partial charge is 0.499 e. The molecule has 1 atom stereocenters. The van der Waals surface area contributed by atoms with Gasteiger partial charge < -0.3 is 9.84 Å². The van der Waals surface area contributed by atoms with Crippen molar-refractivity contribution in [1.29, 1.82) is 0 Å². The molecule has 1 N–H and O–H groups in total. The van der Waals surface area contributed by atoms with Gasteiger partial charge in [0.2, 0.25) is 0 Å². The summed E-state index contributed by atoms with van der Waals surface area (Å²) in [7, 11) is 0. The molecule has 0 amide bonds. The second kappa shape index (κ2) is 21.5. The lowest BCUT2D eigenvalue weighted by Crippen LogP contribution is -2.03. The number of rotatable bonds is 16. The molecule has 0 heterocycles. The minimum Gasteiger partial charge on any atom is -0.499 e. The van der Waals surface area contributed by atoms with E-state index in [1.54, 1.807) is 0 Å². The summed E-state index contributed by atoms with van der Waals surface area (Å²) in [6.07, 6.45) is 15.3. The van der Waals surface area contributed by atoms with Gasteiger partial charge in [-0.05, 0) is 25.7 Å². The summed E-state index contributed by atoms with van der Waals surface area (Å²) in [4.78, 5) is 0. The molecule has 0 aromatic carbocycles. The Bertz CT molecular complexity index is 226. The monoisotopic (exact) mass is 328 g/mol. The summed E-state index contributed by atoms with van der Waals surface area (Å²) in [5.41, 5.74) is 0. The number of aliphatic hydroxyl groups excluding tert-OH is 1. The van der Waals surface area contributed by atoms with Crippen LogP contribution >= 0.6 is 0 Å². The second-order valence-corrected chi connectivity index (χ2v) is 6.17. The summed E-state index contributed by atoms with van der Waals surface area (Å²) in [5, 5.41) is 9.45. The predicted octanol–water partition coefficient (Wildman–Crippen LogP) is 7.01. The van der Waals surface area contributed by atoms with Crippen LogP contribution in [0.4, 0.5) is 0 Å². The van der Waals surface area contributed by atoms with E-state index in [0.717, 1.165) is 44.5 Å². The van der Waals surface area contributed by atoms with E-state index in [1.165, 1.54) is 51.4 Å². The molecule has 140 valence electrons. The summed E-state index contributed by atoms with van der Waals surface area (Å²) in [6, 6.07) is 0. The average Bonchev–Trinajstić information content (AvgIpc) is 2.58. The van der Waals surface area contributed by atoms with Gasteiger partial charge in [-0.2, -0.15) is 0 Å². The molecule has 0 fully saturated rings. The Kier molecular flexibility index (Phi) is 23.1. The Labute approximate surface area is 146 Å². The maximum Gasteiger partial charge on any atom is 0.0888 e. The first-order valence-electron chi connectivity index (χ1n) is 10.2. The Morgan fingerprint density at radius 1 is 0.870 bits per heavy atom. The molecule has 0 radical (unpaired) electrons. The first-order chi connectivity index (χ1) is 11.2. The average molecular weight is 329 g/mol. The van der Waals surface area contributed by atoms with E-state index in [4.69, 9.17) is 4.74 Å². The smallest absolute Gasteiger partial charge is 0.0888 e. The van der Waals surface area contributed by atoms with Crippen molar-refractivity contribution in [3.63, 3.8) is 0 Å². The van der Waals surface area contributed by atoms with Gasteiger partial charge in [-0.15, -0.1) is 0 Å². The molecule has 0 rings (SSSR count). The van der Waals surface area contributed by atoms with Gasteiger partial charge in [0.1, 0.15) is 0 Å². The van der Waals surface area contributed by atoms with E-state index >= 15 is 0 Å². The number of ether oxygens (including phenoxy) is 1. The fourth-order valence-electron chi connectivity index (χ4n) is 2.43. The van der Waals surface area contributed by atoms with Crippen LogP contribution in [0, 0.1) is 0 Å². The molecule has 0 aromatic rings. The lowest BCUT2D eigenvalue weighted by atomic mass is 10.1. The zero-order chi connectivity index (χ0) is 17.8.